The van der Waals surface area contributed by atoms with Crippen LogP contribution in [0.3, 0.4) is 0 Å². The van der Waals surface area contributed by atoms with E-state index in [-0.39, 0.29) is 22.3 Å². The number of nitrogens with one attached hydrogen (secondary N) is 1. The lowest BCUT2D eigenvalue weighted by molar-refractivity contribution is 0.148. The van der Waals surface area contributed by atoms with Gasteiger partial charge in [-0.1, -0.05) is 50.0 Å². The zero-order chi connectivity index (χ0) is 17.1. The molecule has 0 aromatic carbocycles. The Morgan fingerprint density at radius 1 is 0.654 bits per heavy atom. The molecule has 2 aliphatic heterocycles. The Labute approximate surface area is 167 Å². The largest absolute Gasteiger partial charge is 0.314 e. The monoisotopic (exact) mass is 374 g/mol. The van der Waals surface area contributed by atoms with E-state index in [4.69, 9.17) is 0 Å². The minimum Gasteiger partial charge on any atom is -0.314 e. The molecule has 2 fully saturated rings. The Morgan fingerprint density at radius 3 is 1.42 bits per heavy atom. The number of hydrogen-bond donors (Lipinski definition) is 1. The average Bonchev–Trinajstić information content (AvgIpc) is 2.54. The molecule has 0 unspecified atom stereocenters. The van der Waals surface area contributed by atoms with Gasteiger partial charge in [-0.05, 0) is 44.8 Å². The zero-order valence-corrected chi connectivity index (χ0v) is 16.5. The first kappa shape index (κ1) is 30.6. The molecule has 0 aliphatic carbocycles. The first-order valence-corrected chi connectivity index (χ1v) is 9.81. The lowest BCUT2D eigenvalue weighted by Crippen LogP contribution is -2.44. The van der Waals surface area contributed by atoms with Gasteiger partial charge in [0, 0.05) is 52.4 Å². The van der Waals surface area contributed by atoms with Crippen LogP contribution in [0, 0.1) is 11.8 Å². The second kappa shape index (κ2) is 18.2. The maximum Gasteiger partial charge on any atom is 0.0110 e. The minimum absolute atomic E-state index is 0. The van der Waals surface area contributed by atoms with E-state index in [0.29, 0.717) is 0 Å². The quantitative estimate of drug-likeness (QED) is 0.754. The fraction of sp³-hybridized carbons (Fsp3) is 1.00. The van der Waals surface area contributed by atoms with E-state index in [0.717, 1.165) is 11.8 Å². The van der Waals surface area contributed by atoms with Crippen molar-refractivity contribution in [1.29, 1.82) is 0 Å². The second-order valence-electron chi connectivity index (χ2n) is 8.10. The number of rotatable bonds is 6. The van der Waals surface area contributed by atoms with Gasteiger partial charge in [0.15, 0.2) is 0 Å². The Kier molecular flexibility index (Phi) is 21.4. The number of nitrogens with zero attached hydrogens (tertiary/aromatic N) is 3. The van der Waals surface area contributed by atoms with E-state index in [1.165, 1.54) is 78.3 Å². The topological polar surface area (TPSA) is 21.8 Å². The van der Waals surface area contributed by atoms with Gasteiger partial charge in [0.05, 0.1) is 0 Å². The molecule has 1 N–H and O–H groups in total. The Morgan fingerprint density at radius 2 is 1.04 bits per heavy atom. The molecule has 0 amide bonds. The molecule has 2 heterocycles. The molecule has 162 valence electrons. The van der Waals surface area contributed by atoms with Crippen LogP contribution in [0.2, 0.25) is 0 Å². The van der Waals surface area contributed by atoms with Crippen LogP contribution in [-0.2, 0) is 0 Å². The fourth-order valence-electron chi connectivity index (χ4n) is 2.89. The molecule has 0 spiro atoms. The summed E-state index contributed by atoms with van der Waals surface area (Å²) in [6.45, 7) is 21.7. The van der Waals surface area contributed by atoms with Gasteiger partial charge in [-0.2, -0.15) is 0 Å². The van der Waals surface area contributed by atoms with Gasteiger partial charge in [-0.25, -0.2) is 0 Å². The molecule has 0 radical (unpaired) electrons. The van der Waals surface area contributed by atoms with Gasteiger partial charge in [0.1, 0.15) is 0 Å². The van der Waals surface area contributed by atoms with Crippen LogP contribution < -0.4 is 5.32 Å². The Bertz CT molecular complexity index is 267. The van der Waals surface area contributed by atoms with Crippen molar-refractivity contribution < 1.29 is 0 Å². The maximum atomic E-state index is 3.36. The molecular weight excluding hydrogens is 320 g/mol. The summed E-state index contributed by atoms with van der Waals surface area (Å²) in [4.78, 5) is 7.54. The van der Waals surface area contributed by atoms with Crippen LogP contribution >= 0.6 is 0 Å². The molecule has 0 aromatic rings. The predicted octanol–water partition coefficient (Wildman–Crippen LogP) is 4.13. The van der Waals surface area contributed by atoms with Crippen LogP contribution in [0.15, 0.2) is 0 Å². The molecule has 0 aromatic heterocycles. The summed E-state index contributed by atoms with van der Waals surface area (Å²) in [6, 6.07) is 0. The van der Waals surface area contributed by atoms with Crippen molar-refractivity contribution in [3.63, 3.8) is 0 Å². The van der Waals surface area contributed by atoms with Crippen LogP contribution in [0.25, 0.3) is 0 Å². The van der Waals surface area contributed by atoms with E-state index < -0.39 is 0 Å². The summed E-state index contributed by atoms with van der Waals surface area (Å²) >= 11 is 0. The normalized spacial score (nSPS) is 19.0. The van der Waals surface area contributed by atoms with Gasteiger partial charge in [-0.3, -0.25) is 0 Å². The number of likely N-dealkylation sites (N-methyl/N-ethyl adjacent to an activating group) is 1. The van der Waals surface area contributed by atoms with Crippen molar-refractivity contribution in [2.45, 2.75) is 62.8 Å². The lowest BCUT2D eigenvalue weighted by Gasteiger charge is -2.32. The van der Waals surface area contributed by atoms with Gasteiger partial charge in [0.2, 0.25) is 0 Å². The van der Waals surface area contributed by atoms with E-state index in [1.54, 1.807) is 0 Å². The summed E-state index contributed by atoms with van der Waals surface area (Å²) in [5, 5.41) is 3.36. The van der Waals surface area contributed by atoms with Crippen LogP contribution in [-0.4, -0.2) is 87.2 Å². The third-order valence-corrected chi connectivity index (χ3v) is 4.85. The standard InChI is InChI=1S/C10H22N2.C9H20N2.3CH4/c1-10(2)4-5-12-8-6-11(3)7-9-12;1-9(2)3-6-11-7-4-10-5-8-11;;;/h10H,4-9H2,1-3H3;9-10H,3-8H2,1-2H3;3*1H4. The van der Waals surface area contributed by atoms with E-state index >= 15 is 0 Å². The van der Waals surface area contributed by atoms with Crippen molar-refractivity contribution in [3.8, 4) is 0 Å². The average molecular weight is 375 g/mol. The molecule has 2 rings (SSSR count). The summed E-state index contributed by atoms with van der Waals surface area (Å²) in [7, 11) is 2.21. The van der Waals surface area contributed by atoms with Gasteiger partial charge in [0.25, 0.3) is 0 Å². The third kappa shape index (κ3) is 16.0. The molecule has 4 nitrogen and oxygen atoms in total. The van der Waals surface area contributed by atoms with Crippen LogP contribution in [0.4, 0.5) is 0 Å². The van der Waals surface area contributed by atoms with Crippen molar-refractivity contribution in [2.75, 3.05) is 72.5 Å². The number of hydrogen-bond acceptors (Lipinski definition) is 4. The van der Waals surface area contributed by atoms with Crippen LogP contribution in [0.1, 0.15) is 62.8 Å². The van der Waals surface area contributed by atoms with Gasteiger partial charge in [-0.15, -0.1) is 0 Å². The molecular formula is C22H54N4. The highest BCUT2D eigenvalue weighted by Gasteiger charge is 2.13. The van der Waals surface area contributed by atoms with Crippen molar-refractivity contribution in [1.82, 2.24) is 20.0 Å². The minimum atomic E-state index is 0. The van der Waals surface area contributed by atoms with E-state index in [2.05, 4.69) is 54.8 Å². The molecule has 2 saturated heterocycles. The zero-order valence-electron chi connectivity index (χ0n) is 16.5. The smallest absolute Gasteiger partial charge is 0.0110 e. The molecule has 2 aliphatic rings. The highest BCUT2D eigenvalue weighted by atomic mass is 15.2. The molecule has 0 saturated carbocycles. The van der Waals surface area contributed by atoms with Gasteiger partial charge >= 0.3 is 0 Å². The first-order valence-electron chi connectivity index (χ1n) is 9.81. The van der Waals surface area contributed by atoms with E-state index in [9.17, 15) is 0 Å². The third-order valence-electron chi connectivity index (χ3n) is 4.85. The van der Waals surface area contributed by atoms with Gasteiger partial charge < -0.3 is 20.0 Å². The summed E-state index contributed by atoms with van der Waals surface area (Å²) in [5.41, 5.74) is 0. The SMILES string of the molecule is C.C.C.CC(C)CCN1CCN(C)CC1.CC(C)CCN1CCNCC1. The van der Waals surface area contributed by atoms with Crippen LogP contribution in [0.5, 0.6) is 0 Å². The molecule has 26 heavy (non-hydrogen) atoms. The molecule has 0 atom stereocenters. The Hall–Kier alpha value is -0.160. The van der Waals surface area contributed by atoms with E-state index in [1.807, 2.05) is 0 Å². The fourth-order valence-corrected chi connectivity index (χ4v) is 2.89. The summed E-state index contributed by atoms with van der Waals surface area (Å²) < 4.78 is 0. The first-order chi connectivity index (χ1) is 11.0. The lowest BCUT2D eigenvalue weighted by atomic mass is 10.1. The summed E-state index contributed by atoms with van der Waals surface area (Å²) in [5.74, 6) is 1.70. The maximum absolute atomic E-state index is 3.36. The highest BCUT2D eigenvalue weighted by Crippen LogP contribution is 2.05. The Balaban J connectivity index is -0.000000366. The summed E-state index contributed by atoms with van der Waals surface area (Å²) in [6.07, 6.45) is 2.70. The second-order valence-corrected chi connectivity index (χ2v) is 8.10. The van der Waals surface area contributed by atoms with Crippen molar-refractivity contribution >= 4 is 0 Å². The predicted molar refractivity (Wildman–Crippen MR) is 122 cm³/mol. The van der Waals surface area contributed by atoms with Crippen molar-refractivity contribution in [3.05, 3.63) is 0 Å². The molecule has 4 heteroatoms. The highest BCUT2D eigenvalue weighted by molar-refractivity contribution is 4.69. The van der Waals surface area contributed by atoms with Crippen molar-refractivity contribution in [2.24, 2.45) is 11.8 Å². The molecule has 0 bridgehead atoms. The number of piperazine rings is 2.